The Morgan fingerprint density at radius 2 is 1.19 bits per heavy atom. The average molecular weight is 526 g/mol. The Labute approximate surface area is 228 Å². The Morgan fingerprint density at radius 1 is 0.778 bits per heavy atom. The van der Waals surface area contributed by atoms with E-state index in [0.717, 1.165) is 5.56 Å². The minimum absolute atomic E-state index is 0.442. The highest BCUT2D eigenvalue weighted by molar-refractivity contribution is 6.30. The third kappa shape index (κ3) is 22.0. The first-order chi connectivity index (χ1) is 17.2. The zero-order valence-corrected chi connectivity index (χ0v) is 25.0. The zero-order valence-electron chi connectivity index (χ0n) is 24.2. The number of carbonyl (C=O) groups excluding carboxylic acids is 1. The first-order valence-corrected chi connectivity index (χ1v) is 15.0. The lowest BCUT2D eigenvalue weighted by atomic mass is 10.1. The topological polar surface area (TPSA) is 49.4 Å². The van der Waals surface area contributed by atoms with Crippen molar-refractivity contribution in [2.45, 2.75) is 124 Å². The molecule has 4 nitrogen and oxygen atoms in total. The normalized spacial score (nSPS) is 11.2. The fourth-order valence-corrected chi connectivity index (χ4v) is 4.60. The second-order valence-electron chi connectivity index (χ2n) is 10.9. The molecule has 0 saturated carbocycles. The van der Waals surface area contributed by atoms with E-state index in [1.165, 1.54) is 120 Å². The number of quaternary nitrogens is 1. The molecule has 0 aliphatic heterocycles. The number of carboxylic acid groups (broad SMARTS) is 1. The smallest absolute Gasteiger partial charge is 0.128 e. The Morgan fingerprint density at radius 3 is 1.58 bits per heavy atom. The second kappa shape index (κ2) is 22.9. The summed E-state index contributed by atoms with van der Waals surface area (Å²) >= 11 is 5.70. The molecule has 0 aliphatic carbocycles. The summed E-state index contributed by atoms with van der Waals surface area (Å²) in [5.74, 6) is -0.733. The van der Waals surface area contributed by atoms with Crippen LogP contribution in [0.2, 0.25) is 5.02 Å². The van der Waals surface area contributed by atoms with Crippen molar-refractivity contribution in [3.63, 3.8) is 0 Å². The van der Waals surface area contributed by atoms with Gasteiger partial charge in [0, 0.05) is 5.02 Å². The predicted molar refractivity (Wildman–Crippen MR) is 154 cm³/mol. The second-order valence-corrected chi connectivity index (χ2v) is 11.3. The molecule has 0 fully saturated rings. The number of rotatable bonds is 21. The maximum atomic E-state index is 10.1. The summed E-state index contributed by atoms with van der Waals surface area (Å²) in [6.07, 6.45) is 23.0. The van der Waals surface area contributed by atoms with Crippen molar-refractivity contribution in [1.29, 1.82) is 0 Å². The number of hydrogen-bond acceptors (Lipinski definition) is 3. The van der Waals surface area contributed by atoms with Gasteiger partial charge in [-0.1, -0.05) is 102 Å². The SMILES string of the molecule is CCCCCCCCCC[N+](C)(C)CCCCCCCCCC.Cc1cc(Cl)ccc1OCC(=O)[O-]. The lowest BCUT2D eigenvalue weighted by Crippen LogP contribution is -2.41. The highest BCUT2D eigenvalue weighted by Crippen LogP contribution is 2.21. The van der Waals surface area contributed by atoms with Crippen molar-refractivity contribution in [2.24, 2.45) is 0 Å². The van der Waals surface area contributed by atoms with Crippen LogP contribution < -0.4 is 9.84 Å². The van der Waals surface area contributed by atoms with E-state index in [2.05, 4.69) is 27.9 Å². The third-order valence-corrected chi connectivity index (χ3v) is 6.95. The lowest BCUT2D eigenvalue weighted by Gasteiger charge is -2.30. The molecule has 0 saturated heterocycles. The number of hydrogen-bond donors (Lipinski definition) is 0. The fourth-order valence-electron chi connectivity index (χ4n) is 4.37. The zero-order chi connectivity index (χ0) is 27.1. The minimum Gasteiger partial charge on any atom is -0.546 e. The Hall–Kier alpha value is -1.26. The number of carbonyl (C=O) groups is 1. The van der Waals surface area contributed by atoms with Gasteiger partial charge in [-0.3, -0.25) is 0 Å². The van der Waals surface area contributed by atoms with Crippen LogP contribution in [0.3, 0.4) is 0 Å². The Bertz CT molecular complexity index is 641. The van der Waals surface area contributed by atoms with Crippen molar-refractivity contribution in [3.05, 3.63) is 28.8 Å². The summed E-state index contributed by atoms with van der Waals surface area (Å²) in [7, 11) is 4.87. The van der Waals surface area contributed by atoms with E-state index in [1.54, 1.807) is 25.1 Å². The maximum Gasteiger partial charge on any atom is 0.128 e. The molecule has 210 valence electrons. The molecule has 1 rings (SSSR count). The minimum atomic E-state index is -1.24. The molecule has 5 heteroatoms. The number of halogens is 1. The van der Waals surface area contributed by atoms with Gasteiger partial charge in [0.2, 0.25) is 0 Å². The van der Waals surface area contributed by atoms with Crippen molar-refractivity contribution < 1.29 is 19.1 Å². The van der Waals surface area contributed by atoms with Crippen LogP contribution in [0.15, 0.2) is 18.2 Å². The van der Waals surface area contributed by atoms with Gasteiger partial charge in [0.05, 0.1) is 33.2 Å². The van der Waals surface area contributed by atoms with Crippen LogP contribution in [0.25, 0.3) is 0 Å². The molecule has 0 aromatic heterocycles. The van der Waals surface area contributed by atoms with Crippen LogP contribution in [0, 0.1) is 6.92 Å². The summed E-state index contributed by atoms with van der Waals surface area (Å²) in [6.45, 7) is 8.70. The molecule has 0 unspecified atom stereocenters. The van der Waals surface area contributed by atoms with Gasteiger partial charge in [-0.25, -0.2) is 0 Å². The molecule has 0 amide bonds. The predicted octanol–water partition coefficient (Wildman–Crippen LogP) is 8.12. The maximum absolute atomic E-state index is 10.1. The molecule has 0 heterocycles. The molecule has 0 aliphatic rings. The van der Waals surface area contributed by atoms with Crippen molar-refractivity contribution in [2.75, 3.05) is 33.8 Å². The van der Waals surface area contributed by atoms with E-state index in [0.29, 0.717) is 10.8 Å². The van der Waals surface area contributed by atoms with Crippen LogP contribution in [0.1, 0.15) is 122 Å². The molecular formula is C31H56ClNO3. The fraction of sp³-hybridized carbons (Fsp3) is 0.774. The summed E-state index contributed by atoms with van der Waals surface area (Å²) in [6, 6.07) is 4.96. The quantitative estimate of drug-likeness (QED) is 0.120. The summed E-state index contributed by atoms with van der Waals surface area (Å²) in [5.41, 5.74) is 0.800. The first kappa shape index (κ1) is 34.7. The van der Waals surface area contributed by atoms with E-state index in [9.17, 15) is 9.90 Å². The van der Waals surface area contributed by atoms with Gasteiger partial charge >= 0.3 is 0 Å². The van der Waals surface area contributed by atoms with Gasteiger partial charge < -0.3 is 19.1 Å². The molecule has 0 bridgehead atoms. The number of unbranched alkanes of at least 4 members (excludes halogenated alkanes) is 14. The number of carboxylic acids is 1. The standard InChI is InChI=1S/C22H48N.C9H9ClO3/c1-5-7-9-11-13-15-17-19-21-23(3,4)22-20-18-16-14-12-10-8-6-2;1-6-4-7(10)2-3-8(6)13-5-9(11)12/h5-22H2,1-4H3;2-4H,5H2,1H3,(H,11,12)/q+1;/p-1. The van der Waals surface area contributed by atoms with Gasteiger partial charge in [-0.2, -0.15) is 0 Å². The van der Waals surface area contributed by atoms with Crippen LogP contribution in [0.4, 0.5) is 0 Å². The Balaban J connectivity index is 0.000000790. The van der Waals surface area contributed by atoms with Gasteiger partial charge in [0.1, 0.15) is 12.4 Å². The highest BCUT2D eigenvalue weighted by Gasteiger charge is 2.13. The monoisotopic (exact) mass is 525 g/mol. The van der Waals surface area contributed by atoms with E-state index in [-0.39, 0.29) is 0 Å². The molecule has 0 radical (unpaired) electrons. The summed E-state index contributed by atoms with van der Waals surface area (Å²) < 4.78 is 6.17. The molecule has 36 heavy (non-hydrogen) atoms. The Kier molecular flexibility index (Phi) is 22.1. The molecule has 0 spiro atoms. The van der Waals surface area contributed by atoms with Gasteiger partial charge in [0.25, 0.3) is 0 Å². The van der Waals surface area contributed by atoms with Crippen LogP contribution in [-0.4, -0.2) is 44.2 Å². The van der Waals surface area contributed by atoms with Crippen molar-refractivity contribution in [1.82, 2.24) is 0 Å². The lowest BCUT2D eigenvalue weighted by molar-refractivity contribution is -0.890. The van der Waals surface area contributed by atoms with Crippen LogP contribution in [0.5, 0.6) is 5.75 Å². The number of aryl methyl sites for hydroxylation is 1. The van der Waals surface area contributed by atoms with Crippen LogP contribution in [-0.2, 0) is 4.79 Å². The molecule has 0 atom stereocenters. The van der Waals surface area contributed by atoms with Gasteiger partial charge in [-0.05, 0) is 56.4 Å². The number of aliphatic carboxylic acids is 1. The van der Waals surface area contributed by atoms with E-state index >= 15 is 0 Å². The summed E-state index contributed by atoms with van der Waals surface area (Å²) in [5, 5.41) is 10.7. The van der Waals surface area contributed by atoms with Crippen molar-refractivity contribution >= 4 is 17.6 Å². The third-order valence-electron chi connectivity index (χ3n) is 6.72. The molecule has 0 N–H and O–H groups in total. The van der Waals surface area contributed by atoms with Crippen molar-refractivity contribution in [3.8, 4) is 5.75 Å². The van der Waals surface area contributed by atoms with E-state index < -0.39 is 12.6 Å². The average Bonchev–Trinajstić information content (AvgIpc) is 2.82. The summed E-state index contributed by atoms with van der Waals surface area (Å²) in [4.78, 5) is 10.1. The number of benzene rings is 1. The van der Waals surface area contributed by atoms with E-state index in [1.807, 2.05) is 0 Å². The first-order valence-electron chi connectivity index (χ1n) is 14.6. The molecule has 1 aromatic carbocycles. The van der Waals surface area contributed by atoms with Gasteiger partial charge in [0.15, 0.2) is 0 Å². The highest BCUT2D eigenvalue weighted by atomic mass is 35.5. The van der Waals surface area contributed by atoms with Crippen LogP contribution >= 0.6 is 11.6 Å². The molecular weight excluding hydrogens is 470 g/mol. The number of ether oxygens (including phenoxy) is 1. The molecule has 1 aromatic rings. The van der Waals surface area contributed by atoms with E-state index in [4.69, 9.17) is 16.3 Å². The largest absolute Gasteiger partial charge is 0.546 e. The van der Waals surface area contributed by atoms with Gasteiger partial charge in [-0.15, -0.1) is 0 Å². The number of nitrogens with zero attached hydrogens (tertiary/aromatic N) is 1.